The van der Waals surface area contributed by atoms with E-state index in [-0.39, 0.29) is 0 Å². The van der Waals surface area contributed by atoms with Gasteiger partial charge in [-0.05, 0) is 127 Å². The van der Waals surface area contributed by atoms with Crippen molar-refractivity contribution in [1.29, 1.82) is 0 Å². The highest BCUT2D eigenvalue weighted by atomic mass is 15.1. The molecule has 0 saturated carbocycles. The Morgan fingerprint density at radius 2 is 0.694 bits per heavy atom. The van der Waals surface area contributed by atoms with E-state index < -0.39 is 0 Å². The summed E-state index contributed by atoms with van der Waals surface area (Å²) in [6.07, 6.45) is 0. The third-order valence-electron chi connectivity index (χ3n) is 14.2. The molecule has 0 aliphatic carbocycles. The fraction of sp³-hybridized carbons (Fsp3) is 0. The molecule has 0 atom stereocenters. The molecule has 0 amide bonds. The van der Waals surface area contributed by atoms with E-state index in [1.807, 2.05) is 0 Å². The molecule has 0 saturated heterocycles. The van der Waals surface area contributed by atoms with Crippen molar-refractivity contribution < 1.29 is 0 Å². The van der Waals surface area contributed by atoms with Crippen molar-refractivity contribution in [2.24, 2.45) is 0 Å². The average molecular weight is 917 g/mol. The highest BCUT2D eigenvalue weighted by Gasteiger charge is 2.23. The van der Waals surface area contributed by atoms with Gasteiger partial charge in [-0.3, -0.25) is 0 Å². The Morgan fingerprint density at radius 1 is 0.250 bits per heavy atom. The summed E-state index contributed by atoms with van der Waals surface area (Å²) < 4.78 is 2.39. The molecule has 2 heteroatoms. The monoisotopic (exact) mass is 916 g/mol. The number of para-hydroxylation sites is 2. The van der Waals surface area contributed by atoms with Gasteiger partial charge in [-0.25, -0.2) is 0 Å². The second-order valence-corrected chi connectivity index (χ2v) is 18.4. The zero-order valence-electron chi connectivity index (χ0n) is 39.6. The fourth-order valence-electron chi connectivity index (χ4n) is 10.8. The van der Waals surface area contributed by atoms with Crippen LogP contribution in [0, 0.1) is 0 Å². The fourth-order valence-corrected chi connectivity index (χ4v) is 10.8. The molecule has 2 nitrogen and oxygen atoms in total. The molecule has 1 heterocycles. The molecule has 0 N–H and O–H groups in total. The van der Waals surface area contributed by atoms with Gasteiger partial charge < -0.3 is 9.47 Å². The van der Waals surface area contributed by atoms with E-state index in [0.29, 0.717) is 0 Å². The van der Waals surface area contributed by atoms with Crippen molar-refractivity contribution in [2.45, 2.75) is 0 Å². The molecule has 338 valence electrons. The number of nitrogens with zero attached hydrogens (tertiary/aromatic N) is 2. The van der Waals surface area contributed by atoms with Gasteiger partial charge in [-0.1, -0.05) is 237 Å². The summed E-state index contributed by atoms with van der Waals surface area (Å²) in [4.78, 5) is 2.44. The van der Waals surface area contributed by atoms with E-state index in [2.05, 4.69) is 301 Å². The van der Waals surface area contributed by atoms with Crippen LogP contribution in [0.1, 0.15) is 0 Å². The maximum atomic E-state index is 2.44. The summed E-state index contributed by atoms with van der Waals surface area (Å²) in [5, 5.41) is 5.01. The molecule has 72 heavy (non-hydrogen) atoms. The van der Waals surface area contributed by atoms with E-state index in [1.165, 1.54) is 82.6 Å². The van der Waals surface area contributed by atoms with Crippen molar-refractivity contribution >= 4 is 49.6 Å². The third kappa shape index (κ3) is 7.73. The minimum Gasteiger partial charge on any atom is -0.310 e. The maximum Gasteiger partial charge on any atom is 0.0547 e. The van der Waals surface area contributed by atoms with Crippen LogP contribution < -0.4 is 4.90 Å². The van der Waals surface area contributed by atoms with Gasteiger partial charge in [0.05, 0.1) is 16.7 Å². The molecule has 0 fully saturated rings. The molecule has 0 bridgehead atoms. The molecular weight excluding hydrogens is 869 g/mol. The van der Waals surface area contributed by atoms with Crippen LogP contribution in [0.5, 0.6) is 0 Å². The SMILES string of the molecule is c1ccc(-c2ccccc2-c2c(-c3ccccc3)cccc2N(c2ccc(-c3ccc(-c4cccc5ccccc45)cc3)cc2)c2ccc(-c3ccc4c5ccccc5n(-c5ccccc5)c4c3)cc2)cc1. The van der Waals surface area contributed by atoms with Crippen molar-refractivity contribution in [3.8, 4) is 72.4 Å². The maximum absolute atomic E-state index is 2.44. The topological polar surface area (TPSA) is 8.17 Å². The minimum absolute atomic E-state index is 1.06. The summed E-state index contributed by atoms with van der Waals surface area (Å²) in [5.41, 5.74) is 20.9. The molecule has 0 spiro atoms. The van der Waals surface area contributed by atoms with Crippen LogP contribution in [0.25, 0.3) is 105 Å². The van der Waals surface area contributed by atoms with Crippen molar-refractivity contribution in [3.63, 3.8) is 0 Å². The van der Waals surface area contributed by atoms with Gasteiger partial charge in [0, 0.05) is 33.4 Å². The van der Waals surface area contributed by atoms with Gasteiger partial charge >= 0.3 is 0 Å². The van der Waals surface area contributed by atoms with E-state index in [1.54, 1.807) is 0 Å². The van der Waals surface area contributed by atoms with Gasteiger partial charge in [0.1, 0.15) is 0 Å². The van der Waals surface area contributed by atoms with Gasteiger partial charge in [0.2, 0.25) is 0 Å². The molecule has 13 aromatic rings. The zero-order valence-corrected chi connectivity index (χ0v) is 39.6. The highest BCUT2D eigenvalue weighted by molar-refractivity contribution is 6.10. The van der Waals surface area contributed by atoms with Gasteiger partial charge in [0.25, 0.3) is 0 Å². The first-order valence-corrected chi connectivity index (χ1v) is 24.7. The summed E-state index contributed by atoms with van der Waals surface area (Å²) >= 11 is 0. The normalized spacial score (nSPS) is 11.3. The lowest BCUT2D eigenvalue weighted by atomic mass is 9.87. The van der Waals surface area contributed by atoms with Gasteiger partial charge in [0.15, 0.2) is 0 Å². The van der Waals surface area contributed by atoms with E-state index >= 15 is 0 Å². The summed E-state index contributed by atoms with van der Waals surface area (Å²) in [6, 6.07) is 106. The summed E-state index contributed by atoms with van der Waals surface area (Å²) in [7, 11) is 0. The van der Waals surface area contributed by atoms with Crippen LogP contribution in [0.15, 0.2) is 291 Å². The zero-order chi connectivity index (χ0) is 47.8. The average Bonchev–Trinajstić information content (AvgIpc) is 3.80. The number of hydrogen-bond donors (Lipinski definition) is 0. The first kappa shape index (κ1) is 42.6. The number of hydrogen-bond acceptors (Lipinski definition) is 1. The van der Waals surface area contributed by atoms with Gasteiger partial charge in [-0.15, -0.1) is 0 Å². The van der Waals surface area contributed by atoms with Crippen LogP contribution in [-0.4, -0.2) is 4.57 Å². The highest BCUT2D eigenvalue weighted by Crippen LogP contribution is 2.48. The lowest BCUT2D eigenvalue weighted by molar-refractivity contribution is 1.18. The van der Waals surface area contributed by atoms with Crippen molar-refractivity contribution in [2.75, 3.05) is 4.90 Å². The molecule has 13 rings (SSSR count). The van der Waals surface area contributed by atoms with Crippen LogP contribution in [0.4, 0.5) is 17.1 Å². The van der Waals surface area contributed by atoms with E-state index in [0.717, 1.165) is 39.4 Å². The number of aromatic nitrogens is 1. The quantitative estimate of drug-likeness (QED) is 0.133. The predicted octanol–water partition coefficient (Wildman–Crippen LogP) is 19.4. The summed E-state index contributed by atoms with van der Waals surface area (Å²) in [6.45, 7) is 0. The second kappa shape index (κ2) is 18.4. The Bertz CT molecular complexity index is 4040. The third-order valence-corrected chi connectivity index (χ3v) is 14.2. The lowest BCUT2D eigenvalue weighted by Crippen LogP contribution is -2.12. The second-order valence-electron chi connectivity index (χ2n) is 18.4. The Morgan fingerprint density at radius 3 is 1.39 bits per heavy atom. The van der Waals surface area contributed by atoms with Gasteiger partial charge in [-0.2, -0.15) is 0 Å². The van der Waals surface area contributed by atoms with Crippen LogP contribution >= 0.6 is 0 Å². The Balaban J connectivity index is 0.955. The first-order valence-electron chi connectivity index (χ1n) is 24.7. The molecule has 12 aromatic carbocycles. The molecule has 0 unspecified atom stereocenters. The van der Waals surface area contributed by atoms with Crippen LogP contribution in [0.2, 0.25) is 0 Å². The Labute approximate surface area is 420 Å². The Hall–Kier alpha value is -9.50. The first-order chi connectivity index (χ1) is 35.7. The molecule has 0 aliphatic heterocycles. The van der Waals surface area contributed by atoms with Crippen LogP contribution in [-0.2, 0) is 0 Å². The molecule has 0 radical (unpaired) electrons. The number of benzene rings is 12. The Kier molecular flexibility index (Phi) is 10.9. The number of rotatable bonds is 10. The van der Waals surface area contributed by atoms with Crippen LogP contribution in [0.3, 0.4) is 0 Å². The standard InChI is InChI=1S/C70H48N2/c1-4-18-52(19-5-1)62-27-12-13-29-66(62)70-63(54-20-6-2-7-21-54)31-17-33-68(70)71(58-43-38-50(39-44-58)49-34-36-55(37-35-49)61-30-16-23-53-22-10-11-26-60(53)61)59-45-40-51(41-46-59)56-42-47-65-64-28-14-15-32-67(64)72(69(65)48-56)57-24-8-3-9-25-57/h1-48H. The summed E-state index contributed by atoms with van der Waals surface area (Å²) in [5.74, 6) is 0. The van der Waals surface area contributed by atoms with E-state index in [9.17, 15) is 0 Å². The molecular formula is C70H48N2. The molecule has 0 aliphatic rings. The van der Waals surface area contributed by atoms with E-state index in [4.69, 9.17) is 0 Å². The predicted molar refractivity (Wildman–Crippen MR) is 306 cm³/mol. The smallest absolute Gasteiger partial charge is 0.0547 e. The number of fused-ring (bicyclic) bond motifs is 4. The lowest BCUT2D eigenvalue weighted by Gasteiger charge is -2.30. The largest absolute Gasteiger partial charge is 0.310 e. The minimum atomic E-state index is 1.06. The molecule has 1 aromatic heterocycles. The number of anilines is 3. The van der Waals surface area contributed by atoms with Crippen molar-refractivity contribution in [3.05, 3.63) is 291 Å². The van der Waals surface area contributed by atoms with Crippen molar-refractivity contribution in [1.82, 2.24) is 4.57 Å².